The number of aromatic nitrogens is 2. The fraction of sp³-hybridized carbons (Fsp3) is 0.524. The summed E-state index contributed by atoms with van der Waals surface area (Å²) in [5, 5.41) is 9.91. The molecular weight excluding hydrogens is 340 g/mol. The van der Waals surface area contributed by atoms with Crippen molar-refractivity contribution in [1.29, 1.82) is 0 Å². The van der Waals surface area contributed by atoms with Crippen molar-refractivity contribution in [3.8, 4) is 0 Å². The lowest BCUT2D eigenvalue weighted by atomic mass is 9.97. The quantitative estimate of drug-likeness (QED) is 0.810. The summed E-state index contributed by atoms with van der Waals surface area (Å²) in [6.07, 6.45) is 7.06. The van der Waals surface area contributed by atoms with Crippen LogP contribution in [-0.4, -0.2) is 68.7 Å². The van der Waals surface area contributed by atoms with Gasteiger partial charge in [-0.3, -0.25) is 9.69 Å². The maximum atomic E-state index is 12.9. The number of imidazole rings is 1. The van der Waals surface area contributed by atoms with Gasteiger partial charge in [0.05, 0.1) is 11.9 Å². The Kier molecular flexibility index (Phi) is 6.29. The van der Waals surface area contributed by atoms with Gasteiger partial charge in [-0.25, -0.2) is 4.98 Å². The van der Waals surface area contributed by atoms with Crippen LogP contribution in [0.5, 0.6) is 0 Å². The Morgan fingerprint density at radius 2 is 1.96 bits per heavy atom. The van der Waals surface area contributed by atoms with Crippen LogP contribution in [0.4, 0.5) is 0 Å². The van der Waals surface area contributed by atoms with E-state index in [1.807, 2.05) is 55.5 Å². The van der Waals surface area contributed by atoms with E-state index >= 15 is 0 Å². The van der Waals surface area contributed by atoms with Crippen LogP contribution >= 0.6 is 0 Å². The van der Waals surface area contributed by atoms with Crippen molar-refractivity contribution in [3.63, 3.8) is 0 Å². The molecule has 0 atom stereocenters. The van der Waals surface area contributed by atoms with Gasteiger partial charge in [0.25, 0.3) is 5.91 Å². The number of aliphatic hydroxyl groups is 1. The Morgan fingerprint density at radius 3 is 2.63 bits per heavy atom. The summed E-state index contributed by atoms with van der Waals surface area (Å²) in [5.41, 5.74) is 1.16. The average molecular weight is 370 g/mol. The number of benzene rings is 1. The summed E-state index contributed by atoms with van der Waals surface area (Å²) in [5.74, 6) is 0.106. The minimum absolute atomic E-state index is 0.106. The number of amides is 1. The van der Waals surface area contributed by atoms with E-state index in [2.05, 4.69) is 14.5 Å². The minimum Gasteiger partial charge on any atom is -0.390 e. The van der Waals surface area contributed by atoms with E-state index in [1.54, 1.807) is 6.20 Å². The highest BCUT2D eigenvalue weighted by atomic mass is 16.3. The molecule has 3 rings (SSSR count). The second-order valence-electron chi connectivity index (χ2n) is 7.95. The molecule has 1 amide bonds. The Labute approximate surface area is 161 Å². The molecule has 0 bridgehead atoms. The van der Waals surface area contributed by atoms with Gasteiger partial charge >= 0.3 is 0 Å². The fourth-order valence-electron chi connectivity index (χ4n) is 3.34. The van der Waals surface area contributed by atoms with Crippen molar-refractivity contribution in [1.82, 2.24) is 19.4 Å². The van der Waals surface area contributed by atoms with Gasteiger partial charge in [0.15, 0.2) is 0 Å². The standard InChI is InChI=1S/C21H30N4O2/c1-21(2,27)7-6-18-4-3-5-19(16-18)20(26)25-14-12-23(13-15-25)10-11-24-9-8-22-17-24/h3-5,8-9,16-17,27H,6-7,10-15H2,1-2H3. The van der Waals surface area contributed by atoms with E-state index in [4.69, 9.17) is 0 Å². The number of hydrogen-bond acceptors (Lipinski definition) is 4. The number of aryl methyl sites for hydroxylation is 1. The van der Waals surface area contributed by atoms with Gasteiger partial charge in [-0.15, -0.1) is 0 Å². The number of hydrogen-bond donors (Lipinski definition) is 1. The number of carbonyl (C=O) groups excluding carboxylic acids is 1. The smallest absolute Gasteiger partial charge is 0.253 e. The number of nitrogens with zero attached hydrogens (tertiary/aromatic N) is 4. The average Bonchev–Trinajstić information content (AvgIpc) is 3.18. The summed E-state index contributed by atoms with van der Waals surface area (Å²) in [6.45, 7) is 8.86. The zero-order valence-corrected chi connectivity index (χ0v) is 16.3. The van der Waals surface area contributed by atoms with Crippen molar-refractivity contribution in [2.24, 2.45) is 0 Å². The molecule has 6 nitrogen and oxygen atoms in total. The highest BCUT2D eigenvalue weighted by molar-refractivity contribution is 5.94. The van der Waals surface area contributed by atoms with Crippen molar-refractivity contribution in [3.05, 3.63) is 54.1 Å². The molecule has 1 aliphatic rings. The third-order valence-electron chi connectivity index (χ3n) is 5.09. The fourth-order valence-corrected chi connectivity index (χ4v) is 3.34. The first kappa shape index (κ1) is 19.6. The van der Waals surface area contributed by atoms with Crippen molar-refractivity contribution in [2.75, 3.05) is 32.7 Å². The second kappa shape index (κ2) is 8.67. The first-order valence-electron chi connectivity index (χ1n) is 9.69. The molecule has 2 aromatic rings. The Morgan fingerprint density at radius 1 is 1.19 bits per heavy atom. The summed E-state index contributed by atoms with van der Waals surface area (Å²) in [4.78, 5) is 21.3. The van der Waals surface area contributed by atoms with Crippen molar-refractivity contribution in [2.45, 2.75) is 38.8 Å². The molecule has 1 fully saturated rings. The molecule has 1 N–H and O–H groups in total. The maximum absolute atomic E-state index is 12.9. The molecule has 0 saturated carbocycles. The third kappa shape index (κ3) is 5.91. The predicted molar refractivity (Wildman–Crippen MR) is 106 cm³/mol. The van der Waals surface area contributed by atoms with Crippen LogP contribution < -0.4 is 0 Å². The Balaban J connectivity index is 1.50. The minimum atomic E-state index is -0.687. The molecule has 146 valence electrons. The SMILES string of the molecule is CC(C)(O)CCc1cccc(C(=O)N2CCN(CCn3ccnc3)CC2)c1. The lowest BCUT2D eigenvalue weighted by molar-refractivity contribution is 0.0633. The van der Waals surface area contributed by atoms with Crippen LogP contribution in [0.2, 0.25) is 0 Å². The number of carbonyl (C=O) groups is 1. The van der Waals surface area contributed by atoms with E-state index in [0.717, 1.165) is 56.8 Å². The van der Waals surface area contributed by atoms with Crippen LogP contribution in [0.3, 0.4) is 0 Å². The molecule has 0 unspecified atom stereocenters. The first-order valence-corrected chi connectivity index (χ1v) is 9.69. The van der Waals surface area contributed by atoms with Crippen molar-refractivity contribution < 1.29 is 9.90 Å². The van der Waals surface area contributed by atoms with E-state index in [-0.39, 0.29) is 5.91 Å². The molecule has 1 aliphatic heterocycles. The number of rotatable bonds is 7. The molecule has 0 radical (unpaired) electrons. The van der Waals surface area contributed by atoms with Gasteiger partial charge in [0, 0.05) is 57.2 Å². The zero-order chi connectivity index (χ0) is 19.3. The zero-order valence-electron chi connectivity index (χ0n) is 16.3. The van der Waals surface area contributed by atoms with Crippen LogP contribution in [0, 0.1) is 0 Å². The molecule has 6 heteroatoms. The van der Waals surface area contributed by atoms with Gasteiger partial charge in [-0.1, -0.05) is 12.1 Å². The van der Waals surface area contributed by atoms with Crippen LogP contribution in [0.25, 0.3) is 0 Å². The highest BCUT2D eigenvalue weighted by Crippen LogP contribution is 2.16. The molecule has 1 saturated heterocycles. The predicted octanol–water partition coefficient (Wildman–Crippen LogP) is 2.04. The van der Waals surface area contributed by atoms with Crippen LogP contribution in [0.15, 0.2) is 43.0 Å². The topological polar surface area (TPSA) is 61.6 Å². The van der Waals surface area contributed by atoms with Gasteiger partial charge in [-0.05, 0) is 44.4 Å². The lowest BCUT2D eigenvalue weighted by Gasteiger charge is -2.34. The Hall–Kier alpha value is -2.18. The van der Waals surface area contributed by atoms with E-state index in [1.165, 1.54) is 0 Å². The number of piperazine rings is 1. The summed E-state index contributed by atoms with van der Waals surface area (Å²) in [6, 6.07) is 7.83. The monoisotopic (exact) mass is 370 g/mol. The van der Waals surface area contributed by atoms with E-state index in [0.29, 0.717) is 6.42 Å². The molecule has 0 aliphatic carbocycles. The van der Waals surface area contributed by atoms with Crippen LogP contribution in [0.1, 0.15) is 36.2 Å². The molecular formula is C21H30N4O2. The summed E-state index contributed by atoms with van der Waals surface area (Å²) < 4.78 is 2.08. The summed E-state index contributed by atoms with van der Waals surface area (Å²) in [7, 11) is 0. The normalized spacial score (nSPS) is 15.9. The first-order chi connectivity index (χ1) is 12.9. The lowest BCUT2D eigenvalue weighted by Crippen LogP contribution is -2.49. The maximum Gasteiger partial charge on any atom is 0.253 e. The molecule has 27 heavy (non-hydrogen) atoms. The van der Waals surface area contributed by atoms with Crippen LogP contribution in [-0.2, 0) is 13.0 Å². The second-order valence-corrected chi connectivity index (χ2v) is 7.95. The van der Waals surface area contributed by atoms with Gasteiger partial charge < -0.3 is 14.6 Å². The molecule has 1 aromatic carbocycles. The highest BCUT2D eigenvalue weighted by Gasteiger charge is 2.22. The van der Waals surface area contributed by atoms with Gasteiger partial charge in [0.2, 0.25) is 0 Å². The molecule has 1 aromatic heterocycles. The van der Waals surface area contributed by atoms with E-state index in [9.17, 15) is 9.90 Å². The Bertz CT molecular complexity index is 729. The van der Waals surface area contributed by atoms with Gasteiger partial charge in [0.1, 0.15) is 0 Å². The largest absolute Gasteiger partial charge is 0.390 e. The summed E-state index contributed by atoms with van der Waals surface area (Å²) >= 11 is 0. The van der Waals surface area contributed by atoms with Crippen molar-refractivity contribution >= 4 is 5.91 Å². The molecule has 0 spiro atoms. The molecule has 2 heterocycles. The van der Waals surface area contributed by atoms with E-state index < -0.39 is 5.60 Å². The third-order valence-corrected chi connectivity index (χ3v) is 5.09. The van der Waals surface area contributed by atoms with Gasteiger partial charge in [-0.2, -0.15) is 0 Å².